The average molecular weight is 287 g/mol. The van der Waals surface area contributed by atoms with Crippen molar-refractivity contribution in [3.8, 4) is 0 Å². The van der Waals surface area contributed by atoms with Crippen LogP contribution in [-0.4, -0.2) is 12.6 Å². The van der Waals surface area contributed by atoms with Crippen LogP contribution in [0.1, 0.15) is 68.6 Å². The third kappa shape index (κ3) is 5.14. The van der Waals surface area contributed by atoms with Gasteiger partial charge in [-0.25, -0.2) is 0 Å². The molecule has 1 aromatic rings. The van der Waals surface area contributed by atoms with Gasteiger partial charge in [0.15, 0.2) is 0 Å². The van der Waals surface area contributed by atoms with E-state index in [1.807, 2.05) is 0 Å². The molecule has 1 heteroatoms. The summed E-state index contributed by atoms with van der Waals surface area (Å²) in [6.45, 7) is 7.85. The predicted octanol–water partition coefficient (Wildman–Crippen LogP) is 5.18. The lowest BCUT2D eigenvalue weighted by atomic mass is 9.88. The predicted molar refractivity (Wildman–Crippen MR) is 92.9 cm³/mol. The van der Waals surface area contributed by atoms with Gasteiger partial charge in [0.05, 0.1) is 0 Å². The van der Waals surface area contributed by atoms with E-state index in [2.05, 4.69) is 44.3 Å². The van der Waals surface area contributed by atoms with Gasteiger partial charge in [-0.3, -0.25) is 0 Å². The first-order valence-electron chi connectivity index (χ1n) is 8.99. The van der Waals surface area contributed by atoms with E-state index in [4.69, 9.17) is 0 Å². The molecule has 0 saturated heterocycles. The lowest BCUT2D eigenvalue weighted by Gasteiger charge is -2.25. The Hall–Kier alpha value is -0.820. The highest BCUT2D eigenvalue weighted by molar-refractivity contribution is 5.34. The van der Waals surface area contributed by atoms with Gasteiger partial charge in [-0.1, -0.05) is 63.6 Å². The molecule has 1 nitrogen and oxygen atoms in total. The summed E-state index contributed by atoms with van der Waals surface area (Å²) in [5, 5.41) is 3.75. The zero-order chi connectivity index (χ0) is 15.1. The summed E-state index contributed by atoms with van der Waals surface area (Å²) in [7, 11) is 0. The largest absolute Gasteiger partial charge is 0.314 e. The van der Waals surface area contributed by atoms with Crippen molar-refractivity contribution in [2.75, 3.05) is 6.54 Å². The van der Waals surface area contributed by atoms with Crippen LogP contribution >= 0.6 is 0 Å². The fourth-order valence-electron chi connectivity index (χ4n) is 3.95. The number of benzene rings is 1. The molecule has 21 heavy (non-hydrogen) atoms. The highest BCUT2D eigenvalue weighted by atomic mass is 14.9. The summed E-state index contributed by atoms with van der Waals surface area (Å²) in [4.78, 5) is 0. The van der Waals surface area contributed by atoms with E-state index in [0.717, 1.165) is 12.5 Å². The SMILES string of the molecule is CCNC(Cc1c(C)cccc1C)CC1CCCCCC1. The molecular weight excluding hydrogens is 254 g/mol. The van der Waals surface area contributed by atoms with E-state index in [0.29, 0.717) is 6.04 Å². The van der Waals surface area contributed by atoms with Gasteiger partial charge in [0.1, 0.15) is 0 Å². The van der Waals surface area contributed by atoms with Crippen LogP contribution in [0.5, 0.6) is 0 Å². The van der Waals surface area contributed by atoms with Crippen molar-refractivity contribution < 1.29 is 0 Å². The van der Waals surface area contributed by atoms with E-state index in [1.54, 1.807) is 5.56 Å². The molecule has 1 atom stereocenters. The van der Waals surface area contributed by atoms with E-state index in [-0.39, 0.29) is 0 Å². The molecule has 118 valence electrons. The van der Waals surface area contributed by atoms with Crippen LogP contribution in [0.25, 0.3) is 0 Å². The Balaban J connectivity index is 2.01. The molecule has 1 N–H and O–H groups in total. The third-order valence-electron chi connectivity index (χ3n) is 5.18. The first-order chi connectivity index (χ1) is 10.2. The zero-order valence-electron chi connectivity index (χ0n) is 14.3. The maximum Gasteiger partial charge on any atom is 0.0110 e. The summed E-state index contributed by atoms with van der Waals surface area (Å²) in [5.74, 6) is 0.945. The fourth-order valence-corrected chi connectivity index (χ4v) is 3.95. The average Bonchev–Trinajstić information content (AvgIpc) is 2.72. The van der Waals surface area contributed by atoms with Crippen LogP contribution in [-0.2, 0) is 6.42 Å². The van der Waals surface area contributed by atoms with Crippen LogP contribution in [0, 0.1) is 19.8 Å². The quantitative estimate of drug-likeness (QED) is 0.710. The number of aryl methyl sites for hydroxylation is 2. The second kappa shape index (κ2) is 8.58. The van der Waals surface area contributed by atoms with Crippen molar-refractivity contribution in [3.05, 3.63) is 34.9 Å². The molecular formula is C20H33N. The zero-order valence-corrected chi connectivity index (χ0v) is 14.3. The molecule has 1 aliphatic rings. The van der Waals surface area contributed by atoms with Gasteiger partial charge in [0.2, 0.25) is 0 Å². The number of rotatable bonds is 6. The molecule has 0 aromatic heterocycles. The van der Waals surface area contributed by atoms with Crippen molar-refractivity contribution in [3.63, 3.8) is 0 Å². The highest BCUT2D eigenvalue weighted by Crippen LogP contribution is 2.28. The van der Waals surface area contributed by atoms with Crippen molar-refractivity contribution >= 4 is 0 Å². The van der Waals surface area contributed by atoms with Crippen LogP contribution in [0.15, 0.2) is 18.2 Å². The summed E-state index contributed by atoms with van der Waals surface area (Å²) >= 11 is 0. The van der Waals surface area contributed by atoms with Crippen molar-refractivity contribution in [1.29, 1.82) is 0 Å². The Morgan fingerprint density at radius 3 is 2.24 bits per heavy atom. The molecule has 0 aliphatic heterocycles. The van der Waals surface area contributed by atoms with Crippen LogP contribution in [0.2, 0.25) is 0 Å². The minimum atomic E-state index is 0.651. The fraction of sp³-hybridized carbons (Fsp3) is 0.700. The topological polar surface area (TPSA) is 12.0 Å². The van der Waals surface area contributed by atoms with E-state index >= 15 is 0 Å². The van der Waals surface area contributed by atoms with Gasteiger partial charge in [0, 0.05) is 6.04 Å². The van der Waals surface area contributed by atoms with E-state index in [9.17, 15) is 0 Å². The lowest BCUT2D eigenvalue weighted by Crippen LogP contribution is -2.33. The summed E-state index contributed by atoms with van der Waals surface area (Å²) < 4.78 is 0. The Morgan fingerprint density at radius 2 is 1.67 bits per heavy atom. The van der Waals surface area contributed by atoms with E-state index < -0.39 is 0 Å². The maximum atomic E-state index is 3.75. The summed E-state index contributed by atoms with van der Waals surface area (Å²) in [6, 6.07) is 7.35. The van der Waals surface area contributed by atoms with Crippen LogP contribution in [0.3, 0.4) is 0 Å². The maximum absolute atomic E-state index is 3.75. The first-order valence-corrected chi connectivity index (χ1v) is 8.99. The van der Waals surface area contributed by atoms with E-state index in [1.165, 1.54) is 62.5 Å². The molecule has 0 bridgehead atoms. The monoisotopic (exact) mass is 287 g/mol. The summed E-state index contributed by atoms with van der Waals surface area (Å²) in [6.07, 6.45) is 11.3. The second-order valence-corrected chi connectivity index (χ2v) is 6.92. The van der Waals surface area contributed by atoms with Gasteiger partial charge >= 0.3 is 0 Å². The summed E-state index contributed by atoms with van der Waals surface area (Å²) in [5.41, 5.74) is 4.48. The number of hydrogen-bond donors (Lipinski definition) is 1. The molecule has 1 aromatic carbocycles. The normalized spacial score (nSPS) is 18.4. The minimum Gasteiger partial charge on any atom is -0.314 e. The van der Waals surface area contributed by atoms with Gasteiger partial charge in [0.25, 0.3) is 0 Å². The Morgan fingerprint density at radius 1 is 1.05 bits per heavy atom. The molecule has 2 rings (SSSR count). The Kier molecular flexibility index (Phi) is 6.76. The molecule has 0 spiro atoms. The van der Waals surface area contributed by atoms with Gasteiger partial charge < -0.3 is 5.32 Å². The molecule has 0 amide bonds. The molecule has 1 saturated carbocycles. The Bertz CT molecular complexity index is 396. The molecule has 0 radical (unpaired) electrons. The molecule has 0 heterocycles. The number of nitrogens with one attached hydrogen (secondary N) is 1. The van der Waals surface area contributed by atoms with Crippen molar-refractivity contribution in [2.45, 2.75) is 78.2 Å². The minimum absolute atomic E-state index is 0.651. The number of likely N-dealkylation sites (N-methyl/N-ethyl adjacent to an activating group) is 1. The molecule has 1 aliphatic carbocycles. The van der Waals surface area contributed by atoms with Crippen molar-refractivity contribution in [1.82, 2.24) is 5.32 Å². The molecule has 1 unspecified atom stereocenters. The second-order valence-electron chi connectivity index (χ2n) is 6.92. The smallest absolute Gasteiger partial charge is 0.0110 e. The first kappa shape index (κ1) is 16.5. The lowest BCUT2D eigenvalue weighted by molar-refractivity contribution is 0.352. The Labute approximate surface area is 131 Å². The van der Waals surface area contributed by atoms with Crippen molar-refractivity contribution in [2.24, 2.45) is 5.92 Å². The van der Waals surface area contributed by atoms with Gasteiger partial charge in [-0.15, -0.1) is 0 Å². The van der Waals surface area contributed by atoms with Crippen LogP contribution < -0.4 is 5.32 Å². The standard InChI is InChI=1S/C20H33N/c1-4-21-19(14-18-12-7-5-6-8-13-18)15-20-16(2)10-9-11-17(20)3/h9-11,18-19,21H,4-8,12-15H2,1-3H3. The third-order valence-corrected chi connectivity index (χ3v) is 5.18. The molecule has 1 fully saturated rings. The van der Waals surface area contributed by atoms with Gasteiger partial charge in [-0.05, 0) is 55.8 Å². The number of hydrogen-bond acceptors (Lipinski definition) is 1. The highest BCUT2D eigenvalue weighted by Gasteiger charge is 2.19. The van der Waals surface area contributed by atoms with Gasteiger partial charge in [-0.2, -0.15) is 0 Å². The van der Waals surface area contributed by atoms with Crippen LogP contribution in [0.4, 0.5) is 0 Å².